The van der Waals surface area contributed by atoms with Crippen LogP contribution in [0, 0.1) is 6.92 Å². The maximum Gasteiger partial charge on any atom is 0.336 e. The maximum atomic E-state index is 12.8. The monoisotopic (exact) mass is 434 g/mol. The molecular formula is C26H30N2O4. The first-order chi connectivity index (χ1) is 15.5. The van der Waals surface area contributed by atoms with E-state index in [9.17, 15) is 14.7 Å². The highest BCUT2D eigenvalue weighted by Crippen LogP contribution is 2.29. The van der Waals surface area contributed by atoms with Crippen molar-refractivity contribution >= 4 is 16.9 Å². The van der Waals surface area contributed by atoms with Crippen LogP contribution in [-0.4, -0.2) is 46.5 Å². The van der Waals surface area contributed by atoms with E-state index in [0.717, 1.165) is 55.4 Å². The van der Waals surface area contributed by atoms with Gasteiger partial charge in [-0.2, -0.15) is 0 Å². The number of piperidine rings is 1. The van der Waals surface area contributed by atoms with Gasteiger partial charge in [0.15, 0.2) is 0 Å². The van der Waals surface area contributed by atoms with Gasteiger partial charge in [-0.15, -0.1) is 0 Å². The van der Waals surface area contributed by atoms with Gasteiger partial charge in [-0.3, -0.25) is 9.69 Å². The van der Waals surface area contributed by atoms with Gasteiger partial charge in [0.1, 0.15) is 11.3 Å². The number of likely N-dealkylation sites (tertiary alicyclic amines) is 1. The fourth-order valence-corrected chi connectivity index (χ4v) is 4.64. The number of aryl methyl sites for hydroxylation is 1. The number of hydrogen-bond acceptors (Lipinski definition) is 5. The number of benzene rings is 2. The Hall–Kier alpha value is -3.12. The SMILES string of the molecule is CCCN(Cc1cc(=O)oc2c(C)c(O)ccc12)C1CCN(C(=O)c2ccccc2)CC1. The molecule has 1 saturated heterocycles. The number of carbonyl (C=O) groups is 1. The average molecular weight is 435 g/mol. The molecule has 6 heteroatoms. The number of phenols is 1. The lowest BCUT2D eigenvalue weighted by molar-refractivity contribution is 0.0607. The Morgan fingerprint density at radius 1 is 1.16 bits per heavy atom. The predicted molar refractivity (Wildman–Crippen MR) is 125 cm³/mol. The van der Waals surface area contributed by atoms with Crippen LogP contribution in [0.2, 0.25) is 0 Å². The topological polar surface area (TPSA) is 74.0 Å². The summed E-state index contributed by atoms with van der Waals surface area (Å²) in [6.07, 6.45) is 2.80. The predicted octanol–water partition coefficient (Wildman–Crippen LogP) is 4.32. The minimum Gasteiger partial charge on any atom is -0.508 e. The fourth-order valence-electron chi connectivity index (χ4n) is 4.64. The minimum absolute atomic E-state index is 0.0908. The van der Waals surface area contributed by atoms with E-state index < -0.39 is 5.63 Å². The largest absolute Gasteiger partial charge is 0.508 e. The first-order valence-electron chi connectivity index (χ1n) is 11.3. The van der Waals surface area contributed by atoms with Gasteiger partial charge in [0.2, 0.25) is 0 Å². The standard InChI is InChI=1S/C26H30N2O4/c1-3-13-28(17-20-16-24(30)32-25-18(2)23(29)10-9-22(20)25)21-11-14-27(15-12-21)26(31)19-7-5-4-6-8-19/h4-10,16,21,29H,3,11-15,17H2,1-2H3. The third kappa shape index (κ3) is 4.55. The molecule has 1 N–H and O–H groups in total. The molecule has 1 fully saturated rings. The van der Waals surface area contributed by atoms with E-state index in [-0.39, 0.29) is 11.7 Å². The summed E-state index contributed by atoms with van der Waals surface area (Å²) in [5.74, 6) is 0.215. The van der Waals surface area contributed by atoms with Gasteiger partial charge < -0.3 is 14.4 Å². The second kappa shape index (κ2) is 9.57. The van der Waals surface area contributed by atoms with Crippen LogP contribution in [0.25, 0.3) is 11.0 Å². The lowest BCUT2D eigenvalue weighted by Gasteiger charge is -2.38. The summed E-state index contributed by atoms with van der Waals surface area (Å²) in [6, 6.07) is 14.8. The minimum atomic E-state index is -0.402. The molecule has 32 heavy (non-hydrogen) atoms. The van der Waals surface area contributed by atoms with Crippen molar-refractivity contribution in [3.63, 3.8) is 0 Å². The fraction of sp³-hybridized carbons (Fsp3) is 0.385. The van der Waals surface area contributed by atoms with E-state index >= 15 is 0 Å². The summed E-state index contributed by atoms with van der Waals surface area (Å²) in [4.78, 5) is 29.4. The second-order valence-electron chi connectivity index (χ2n) is 8.54. The maximum absolute atomic E-state index is 12.8. The number of rotatable bonds is 6. The molecule has 2 aromatic carbocycles. The molecule has 0 atom stereocenters. The Morgan fingerprint density at radius 2 is 1.88 bits per heavy atom. The molecule has 0 aliphatic carbocycles. The highest BCUT2D eigenvalue weighted by atomic mass is 16.4. The number of nitrogens with zero attached hydrogens (tertiary/aromatic N) is 2. The zero-order chi connectivity index (χ0) is 22.7. The number of carbonyl (C=O) groups excluding carboxylic acids is 1. The van der Waals surface area contributed by atoms with Gasteiger partial charge in [-0.05, 0) is 62.6 Å². The van der Waals surface area contributed by atoms with Crippen molar-refractivity contribution in [1.29, 1.82) is 0 Å². The zero-order valence-corrected chi connectivity index (χ0v) is 18.7. The third-order valence-electron chi connectivity index (χ3n) is 6.39. The molecule has 2 heterocycles. The smallest absolute Gasteiger partial charge is 0.336 e. The number of fused-ring (bicyclic) bond motifs is 1. The Bertz CT molecular complexity index is 1150. The molecule has 1 amide bonds. The van der Waals surface area contributed by atoms with Crippen LogP contribution < -0.4 is 5.63 Å². The molecule has 0 unspecified atom stereocenters. The molecule has 1 aromatic heterocycles. The molecule has 0 bridgehead atoms. The molecule has 3 aromatic rings. The Labute approximate surface area is 188 Å². The van der Waals surface area contributed by atoms with Gasteiger partial charge in [0.25, 0.3) is 5.91 Å². The van der Waals surface area contributed by atoms with Crippen LogP contribution in [0.15, 0.2) is 57.7 Å². The highest BCUT2D eigenvalue weighted by Gasteiger charge is 2.27. The van der Waals surface area contributed by atoms with E-state index in [4.69, 9.17) is 4.42 Å². The summed E-state index contributed by atoms with van der Waals surface area (Å²) in [5, 5.41) is 10.9. The van der Waals surface area contributed by atoms with Crippen molar-refractivity contribution in [1.82, 2.24) is 9.80 Å². The van der Waals surface area contributed by atoms with Crippen LogP contribution >= 0.6 is 0 Å². The average Bonchev–Trinajstić information content (AvgIpc) is 2.81. The van der Waals surface area contributed by atoms with E-state index in [2.05, 4.69) is 11.8 Å². The molecule has 168 valence electrons. The highest BCUT2D eigenvalue weighted by molar-refractivity contribution is 5.94. The van der Waals surface area contributed by atoms with Gasteiger partial charge in [-0.1, -0.05) is 25.1 Å². The number of hydrogen-bond donors (Lipinski definition) is 1. The van der Waals surface area contributed by atoms with Crippen LogP contribution in [0.3, 0.4) is 0 Å². The van der Waals surface area contributed by atoms with Crippen molar-refractivity contribution in [3.8, 4) is 5.75 Å². The summed E-state index contributed by atoms with van der Waals surface area (Å²) in [6.45, 7) is 6.91. The normalized spacial score (nSPS) is 14.9. The molecule has 1 aliphatic heterocycles. The lowest BCUT2D eigenvalue weighted by atomic mass is 10.00. The summed E-state index contributed by atoms with van der Waals surface area (Å²) in [7, 11) is 0. The van der Waals surface area contributed by atoms with Gasteiger partial charge in [0.05, 0.1) is 0 Å². The second-order valence-corrected chi connectivity index (χ2v) is 8.54. The van der Waals surface area contributed by atoms with Crippen LogP contribution in [-0.2, 0) is 6.54 Å². The molecule has 6 nitrogen and oxygen atoms in total. The van der Waals surface area contributed by atoms with Crippen LogP contribution in [0.1, 0.15) is 47.7 Å². The molecule has 1 aliphatic rings. The molecular weight excluding hydrogens is 404 g/mol. The van der Waals surface area contributed by atoms with Crippen molar-refractivity contribution in [2.45, 2.75) is 45.7 Å². The quantitative estimate of drug-likeness (QED) is 0.585. The van der Waals surface area contributed by atoms with Gasteiger partial charge >= 0.3 is 5.63 Å². The van der Waals surface area contributed by atoms with E-state index in [1.54, 1.807) is 19.1 Å². The lowest BCUT2D eigenvalue weighted by Crippen LogP contribution is -2.46. The Kier molecular flexibility index (Phi) is 6.61. The molecule has 0 saturated carbocycles. The van der Waals surface area contributed by atoms with Crippen LogP contribution in [0.4, 0.5) is 0 Å². The van der Waals surface area contributed by atoms with Crippen molar-refractivity contribution < 1.29 is 14.3 Å². The van der Waals surface area contributed by atoms with E-state index in [0.29, 0.717) is 23.7 Å². The number of phenolic OH excluding ortho intramolecular Hbond substituents is 1. The first-order valence-corrected chi connectivity index (χ1v) is 11.3. The Balaban J connectivity index is 1.51. The summed E-state index contributed by atoms with van der Waals surface area (Å²) >= 11 is 0. The van der Waals surface area contributed by atoms with Crippen molar-refractivity contribution in [2.24, 2.45) is 0 Å². The van der Waals surface area contributed by atoms with E-state index in [1.165, 1.54) is 0 Å². The van der Waals surface area contributed by atoms with Crippen LogP contribution in [0.5, 0.6) is 5.75 Å². The van der Waals surface area contributed by atoms with Crippen molar-refractivity contribution in [2.75, 3.05) is 19.6 Å². The van der Waals surface area contributed by atoms with E-state index in [1.807, 2.05) is 41.3 Å². The molecule has 4 rings (SSSR count). The van der Waals surface area contributed by atoms with Gasteiger partial charge in [-0.25, -0.2) is 4.79 Å². The first kappa shape index (κ1) is 22.1. The summed E-state index contributed by atoms with van der Waals surface area (Å²) < 4.78 is 5.41. The number of amides is 1. The van der Waals surface area contributed by atoms with Gasteiger partial charge in [0, 0.05) is 48.3 Å². The molecule has 0 radical (unpaired) electrons. The number of aromatic hydroxyl groups is 1. The molecule has 0 spiro atoms. The third-order valence-corrected chi connectivity index (χ3v) is 6.39. The van der Waals surface area contributed by atoms with Crippen molar-refractivity contribution in [3.05, 3.63) is 75.6 Å². The Morgan fingerprint density at radius 3 is 2.56 bits per heavy atom. The summed E-state index contributed by atoms with van der Waals surface area (Å²) in [5.41, 5.74) is 2.28. The zero-order valence-electron chi connectivity index (χ0n) is 18.7.